The summed E-state index contributed by atoms with van der Waals surface area (Å²) in [5, 5.41) is 0. The van der Waals surface area contributed by atoms with Crippen molar-refractivity contribution < 1.29 is 4.74 Å². The number of nitrogens with zero attached hydrogens (tertiary/aromatic N) is 1. The second kappa shape index (κ2) is 3.13. The molecule has 0 unspecified atom stereocenters. The third-order valence-electron chi connectivity index (χ3n) is 2.16. The molecule has 1 aromatic rings. The topological polar surface area (TPSA) is 22.1 Å². The van der Waals surface area contributed by atoms with Crippen molar-refractivity contribution in [2.75, 3.05) is 0 Å². The molecule has 0 atom stereocenters. The maximum atomic E-state index is 5.60. The Morgan fingerprint density at radius 3 is 3.00 bits per heavy atom. The van der Waals surface area contributed by atoms with E-state index in [2.05, 4.69) is 11.1 Å². The Bertz CT molecular complexity index is 268. The van der Waals surface area contributed by atoms with Crippen molar-refractivity contribution in [3.8, 4) is 5.88 Å². The summed E-state index contributed by atoms with van der Waals surface area (Å²) in [6, 6.07) is 4.92. The van der Waals surface area contributed by atoms with Crippen LogP contribution in [-0.4, -0.2) is 11.1 Å². The van der Waals surface area contributed by atoms with Gasteiger partial charge in [0.1, 0.15) is 6.10 Å². The molecular formula is C10H12NO. The number of aryl methyl sites for hydroxylation is 1. The highest BCUT2D eigenvalue weighted by molar-refractivity contribution is 5.17. The fraction of sp³-hybridized carbons (Fsp3) is 0.500. The molecule has 1 radical (unpaired) electrons. The molecule has 0 spiro atoms. The maximum Gasteiger partial charge on any atom is 0.213 e. The van der Waals surface area contributed by atoms with Gasteiger partial charge in [-0.2, -0.15) is 0 Å². The third-order valence-corrected chi connectivity index (χ3v) is 2.16. The molecule has 63 valence electrons. The molecule has 0 saturated heterocycles. The van der Waals surface area contributed by atoms with Crippen molar-refractivity contribution in [2.24, 2.45) is 0 Å². The Hall–Kier alpha value is -1.05. The minimum absolute atomic E-state index is 0.416. The molecule has 2 heteroatoms. The summed E-state index contributed by atoms with van der Waals surface area (Å²) in [5.41, 5.74) is 1.08. The lowest BCUT2D eigenvalue weighted by molar-refractivity contribution is 0.114. The summed E-state index contributed by atoms with van der Waals surface area (Å²) in [6.45, 7) is 2.00. The zero-order valence-corrected chi connectivity index (χ0v) is 7.21. The van der Waals surface area contributed by atoms with Crippen LogP contribution in [0.15, 0.2) is 12.3 Å². The summed E-state index contributed by atoms with van der Waals surface area (Å²) < 4.78 is 5.60. The largest absolute Gasteiger partial charge is 0.474 e. The first-order valence-corrected chi connectivity index (χ1v) is 4.35. The van der Waals surface area contributed by atoms with Gasteiger partial charge >= 0.3 is 0 Å². The van der Waals surface area contributed by atoms with E-state index in [-0.39, 0.29) is 0 Å². The fourth-order valence-corrected chi connectivity index (χ4v) is 1.19. The lowest BCUT2D eigenvalue weighted by Gasteiger charge is -2.25. The molecule has 0 N–H and O–H groups in total. The lowest BCUT2D eigenvalue weighted by atomic mass is 9.96. The Labute approximate surface area is 72.6 Å². The molecule has 1 aromatic heterocycles. The predicted molar refractivity (Wildman–Crippen MR) is 46.1 cm³/mol. The highest BCUT2D eigenvalue weighted by Gasteiger charge is 2.19. The Balaban J connectivity index is 2.02. The van der Waals surface area contributed by atoms with Crippen LogP contribution in [0.1, 0.15) is 24.8 Å². The van der Waals surface area contributed by atoms with Gasteiger partial charge < -0.3 is 4.74 Å². The molecule has 12 heavy (non-hydrogen) atoms. The van der Waals surface area contributed by atoms with Crippen LogP contribution in [0.5, 0.6) is 5.88 Å². The molecular weight excluding hydrogens is 150 g/mol. The van der Waals surface area contributed by atoms with Gasteiger partial charge in [-0.3, -0.25) is 0 Å². The van der Waals surface area contributed by atoms with Gasteiger partial charge in [0.15, 0.2) is 0 Å². The van der Waals surface area contributed by atoms with Crippen molar-refractivity contribution >= 4 is 0 Å². The van der Waals surface area contributed by atoms with Crippen LogP contribution in [0.2, 0.25) is 0 Å². The van der Waals surface area contributed by atoms with Crippen LogP contribution in [0, 0.1) is 13.0 Å². The quantitative estimate of drug-likeness (QED) is 0.664. The van der Waals surface area contributed by atoms with Gasteiger partial charge in [0.05, 0.1) is 0 Å². The molecule has 0 amide bonds. The molecule has 1 aliphatic carbocycles. The van der Waals surface area contributed by atoms with Crippen molar-refractivity contribution in [1.82, 2.24) is 4.98 Å². The molecule has 0 bridgehead atoms. The maximum absolute atomic E-state index is 5.60. The van der Waals surface area contributed by atoms with E-state index in [1.54, 1.807) is 6.20 Å². The number of ether oxygens (including phenoxy) is 1. The summed E-state index contributed by atoms with van der Waals surface area (Å²) in [5.74, 6) is 0.746. The van der Waals surface area contributed by atoms with E-state index in [1.807, 2.05) is 13.0 Å². The second-order valence-corrected chi connectivity index (χ2v) is 3.24. The molecule has 1 heterocycles. The Morgan fingerprint density at radius 2 is 2.42 bits per heavy atom. The normalized spacial score (nSPS) is 17.1. The Morgan fingerprint density at radius 1 is 1.58 bits per heavy atom. The molecule has 1 fully saturated rings. The van der Waals surface area contributed by atoms with E-state index in [9.17, 15) is 0 Å². The molecule has 2 nitrogen and oxygen atoms in total. The first kappa shape index (κ1) is 7.59. The van der Waals surface area contributed by atoms with Crippen LogP contribution in [0.25, 0.3) is 0 Å². The van der Waals surface area contributed by atoms with Crippen molar-refractivity contribution in [2.45, 2.75) is 32.3 Å². The fourth-order valence-electron chi connectivity index (χ4n) is 1.19. The monoisotopic (exact) mass is 162 g/mol. The van der Waals surface area contributed by atoms with E-state index in [1.165, 1.54) is 19.3 Å². The first-order chi connectivity index (χ1) is 5.84. The van der Waals surface area contributed by atoms with E-state index in [0.717, 1.165) is 11.4 Å². The van der Waals surface area contributed by atoms with Crippen LogP contribution in [-0.2, 0) is 0 Å². The summed E-state index contributed by atoms with van der Waals surface area (Å²) in [4.78, 5) is 4.08. The summed E-state index contributed by atoms with van der Waals surface area (Å²) >= 11 is 0. The zero-order valence-electron chi connectivity index (χ0n) is 7.21. The van der Waals surface area contributed by atoms with Crippen LogP contribution in [0.3, 0.4) is 0 Å². The zero-order chi connectivity index (χ0) is 8.39. The van der Waals surface area contributed by atoms with Gasteiger partial charge in [-0.25, -0.2) is 4.98 Å². The van der Waals surface area contributed by atoms with Crippen LogP contribution < -0.4 is 4.74 Å². The van der Waals surface area contributed by atoms with E-state index in [4.69, 9.17) is 4.74 Å². The smallest absolute Gasteiger partial charge is 0.213 e. The lowest BCUT2D eigenvalue weighted by Crippen LogP contribution is -2.24. The van der Waals surface area contributed by atoms with Gasteiger partial charge in [-0.1, -0.05) is 0 Å². The van der Waals surface area contributed by atoms with Crippen LogP contribution in [0.4, 0.5) is 0 Å². The first-order valence-electron chi connectivity index (χ1n) is 4.35. The number of hydrogen-bond acceptors (Lipinski definition) is 2. The molecule has 2 rings (SSSR count). The van der Waals surface area contributed by atoms with E-state index in [0.29, 0.717) is 6.10 Å². The predicted octanol–water partition coefficient (Wildman–Crippen LogP) is 2.12. The van der Waals surface area contributed by atoms with Crippen molar-refractivity contribution in [3.63, 3.8) is 0 Å². The Kier molecular flexibility index (Phi) is 1.98. The average Bonchev–Trinajstić information content (AvgIpc) is 1.97. The third kappa shape index (κ3) is 1.58. The van der Waals surface area contributed by atoms with Gasteiger partial charge in [-0.15, -0.1) is 0 Å². The number of aromatic nitrogens is 1. The SMILES string of the molecule is Cc1[c]cnc(OC2CCC2)c1. The molecule has 1 aliphatic rings. The summed E-state index contributed by atoms with van der Waals surface area (Å²) in [6.07, 6.45) is 5.74. The molecule has 0 aromatic carbocycles. The van der Waals surface area contributed by atoms with Crippen molar-refractivity contribution in [1.29, 1.82) is 0 Å². The minimum atomic E-state index is 0.416. The molecule has 1 saturated carbocycles. The summed E-state index contributed by atoms with van der Waals surface area (Å²) in [7, 11) is 0. The van der Waals surface area contributed by atoms with E-state index < -0.39 is 0 Å². The average molecular weight is 162 g/mol. The second-order valence-electron chi connectivity index (χ2n) is 3.24. The van der Waals surface area contributed by atoms with Crippen LogP contribution >= 0.6 is 0 Å². The molecule has 0 aliphatic heterocycles. The number of rotatable bonds is 2. The van der Waals surface area contributed by atoms with Gasteiger partial charge in [0, 0.05) is 18.3 Å². The number of hydrogen-bond donors (Lipinski definition) is 0. The van der Waals surface area contributed by atoms with Crippen molar-refractivity contribution in [3.05, 3.63) is 23.9 Å². The van der Waals surface area contributed by atoms with Gasteiger partial charge in [-0.05, 0) is 31.7 Å². The van der Waals surface area contributed by atoms with Gasteiger partial charge in [0.25, 0.3) is 0 Å². The highest BCUT2D eigenvalue weighted by Crippen LogP contribution is 2.23. The standard InChI is InChI=1S/C10H12NO/c1-8-5-6-11-10(7-8)12-9-3-2-4-9/h6-7,9H,2-4H2,1H3. The number of pyridine rings is 1. The van der Waals surface area contributed by atoms with E-state index >= 15 is 0 Å². The van der Waals surface area contributed by atoms with Gasteiger partial charge in [0.2, 0.25) is 5.88 Å². The minimum Gasteiger partial charge on any atom is -0.474 e. The highest BCUT2D eigenvalue weighted by atomic mass is 16.5.